The van der Waals surface area contributed by atoms with Crippen LogP contribution >= 0.6 is 0 Å². The predicted molar refractivity (Wildman–Crippen MR) is 62.3 cm³/mol. The second kappa shape index (κ2) is 5.41. The van der Waals surface area contributed by atoms with Gasteiger partial charge < -0.3 is 0 Å². The van der Waals surface area contributed by atoms with Crippen molar-refractivity contribution in [1.82, 2.24) is 20.4 Å². The van der Waals surface area contributed by atoms with Crippen molar-refractivity contribution < 1.29 is 0 Å². The number of nitrogens with two attached hydrogens (primary N) is 1. The number of aromatic nitrogens is 3. The molecule has 5 nitrogen and oxygen atoms in total. The van der Waals surface area contributed by atoms with E-state index in [1.165, 1.54) is 38.5 Å². The second-order valence-electron chi connectivity index (χ2n) is 4.68. The molecule has 0 bridgehead atoms. The molecule has 1 heterocycles. The fourth-order valence-corrected chi connectivity index (χ4v) is 2.69. The molecule has 90 valence electrons. The Kier molecular flexibility index (Phi) is 3.90. The van der Waals surface area contributed by atoms with Gasteiger partial charge in [-0.3, -0.25) is 16.0 Å². The van der Waals surface area contributed by atoms with Crippen molar-refractivity contribution >= 4 is 0 Å². The van der Waals surface area contributed by atoms with Crippen molar-refractivity contribution in [3.8, 4) is 0 Å². The Labute approximate surface area is 96.4 Å². The molecule has 0 aromatic carbocycles. The van der Waals surface area contributed by atoms with Crippen LogP contribution in [0.15, 0.2) is 6.20 Å². The summed E-state index contributed by atoms with van der Waals surface area (Å²) < 4.78 is 1.81. The van der Waals surface area contributed by atoms with Gasteiger partial charge in [-0.1, -0.05) is 30.9 Å². The van der Waals surface area contributed by atoms with Crippen LogP contribution in [-0.4, -0.2) is 15.0 Å². The van der Waals surface area contributed by atoms with E-state index in [4.69, 9.17) is 5.84 Å². The first kappa shape index (κ1) is 11.5. The predicted octanol–water partition coefficient (Wildman–Crippen LogP) is 1.29. The highest BCUT2D eigenvalue weighted by Gasteiger charge is 2.25. The molecular weight excluding hydrogens is 202 g/mol. The maximum absolute atomic E-state index is 5.70. The monoisotopic (exact) mass is 223 g/mol. The van der Waals surface area contributed by atoms with Gasteiger partial charge in [0.15, 0.2) is 0 Å². The summed E-state index contributed by atoms with van der Waals surface area (Å²) in [5, 5.41) is 7.90. The van der Waals surface area contributed by atoms with Crippen LogP contribution in [-0.2, 0) is 7.05 Å². The van der Waals surface area contributed by atoms with Gasteiger partial charge in [0.25, 0.3) is 0 Å². The molecule has 1 saturated carbocycles. The van der Waals surface area contributed by atoms with Crippen molar-refractivity contribution in [2.45, 2.75) is 44.6 Å². The van der Waals surface area contributed by atoms with Gasteiger partial charge in [0, 0.05) is 7.05 Å². The summed E-state index contributed by atoms with van der Waals surface area (Å²) in [7, 11) is 1.92. The molecule has 1 aliphatic rings. The van der Waals surface area contributed by atoms with Gasteiger partial charge in [-0.15, -0.1) is 5.10 Å². The minimum Gasteiger partial charge on any atom is -0.271 e. The van der Waals surface area contributed by atoms with Crippen molar-refractivity contribution in [3.63, 3.8) is 0 Å². The third kappa shape index (κ3) is 2.41. The van der Waals surface area contributed by atoms with E-state index in [1.54, 1.807) is 0 Å². The lowest BCUT2D eigenvalue weighted by molar-refractivity contribution is 0.315. The van der Waals surface area contributed by atoms with E-state index in [1.807, 2.05) is 17.9 Å². The quantitative estimate of drug-likeness (QED) is 0.460. The van der Waals surface area contributed by atoms with Crippen LogP contribution in [0.4, 0.5) is 0 Å². The number of rotatable bonds is 3. The highest BCUT2D eigenvalue weighted by atomic mass is 15.4. The highest BCUT2D eigenvalue weighted by molar-refractivity contribution is 5.03. The molecule has 2 rings (SSSR count). The largest absolute Gasteiger partial charge is 0.271 e. The van der Waals surface area contributed by atoms with Crippen LogP contribution in [0.3, 0.4) is 0 Å². The fourth-order valence-electron chi connectivity index (χ4n) is 2.69. The first-order valence-electron chi connectivity index (χ1n) is 6.13. The normalized spacial score (nSPS) is 20.6. The lowest BCUT2D eigenvalue weighted by Gasteiger charge is -2.24. The molecule has 1 aliphatic carbocycles. The lowest BCUT2D eigenvalue weighted by atomic mass is 9.90. The molecule has 0 saturated heterocycles. The molecule has 0 aliphatic heterocycles. The summed E-state index contributed by atoms with van der Waals surface area (Å²) in [5.41, 5.74) is 4.03. The third-order valence-electron chi connectivity index (χ3n) is 3.62. The molecule has 1 atom stereocenters. The SMILES string of the molecule is Cn1nncc1C(NN)C1CCCCCC1. The second-order valence-corrected chi connectivity index (χ2v) is 4.68. The van der Waals surface area contributed by atoms with E-state index in [9.17, 15) is 0 Å². The molecule has 1 aromatic heterocycles. The first-order valence-corrected chi connectivity index (χ1v) is 6.13. The summed E-state index contributed by atoms with van der Waals surface area (Å²) in [5.74, 6) is 6.31. The van der Waals surface area contributed by atoms with Crippen LogP contribution in [0.1, 0.15) is 50.3 Å². The van der Waals surface area contributed by atoms with Gasteiger partial charge in [-0.25, -0.2) is 0 Å². The minimum absolute atomic E-state index is 0.193. The molecule has 1 fully saturated rings. The molecule has 5 heteroatoms. The number of hydrogen-bond acceptors (Lipinski definition) is 4. The van der Waals surface area contributed by atoms with Gasteiger partial charge in [-0.2, -0.15) is 0 Å². The number of hydrogen-bond donors (Lipinski definition) is 2. The van der Waals surface area contributed by atoms with Crippen LogP contribution in [0.25, 0.3) is 0 Å². The Morgan fingerprint density at radius 2 is 2.06 bits per heavy atom. The molecule has 0 spiro atoms. The summed E-state index contributed by atoms with van der Waals surface area (Å²) in [4.78, 5) is 0. The molecule has 3 N–H and O–H groups in total. The lowest BCUT2D eigenvalue weighted by Crippen LogP contribution is -2.34. The summed E-state index contributed by atoms with van der Waals surface area (Å²) >= 11 is 0. The van der Waals surface area contributed by atoms with E-state index in [0.29, 0.717) is 5.92 Å². The van der Waals surface area contributed by atoms with Gasteiger partial charge in [-0.05, 0) is 18.8 Å². The van der Waals surface area contributed by atoms with E-state index in [0.717, 1.165) is 5.69 Å². The molecular formula is C11H21N5. The topological polar surface area (TPSA) is 68.8 Å². The molecule has 16 heavy (non-hydrogen) atoms. The Balaban J connectivity index is 2.12. The standard InChI is InChI=1S/C11H21N5/c1-16-10(8-13-15-16)11(14-12)9-6-4-2-3-5-7-9/h8-9,11,14H,2-7,12H2,1H3. The smallest absolute Gasteiger partial charge is 0.0769 e. The number of aryl methyl sites for hydroxylation is 1. The third-order valence-corrected chi connectivity index (χ3v) is 3.62. The Hall–Kier alpha value is -0.940. The van der Waals surface area contributed by atoms with Gasteiger partial charge in [0.1, 0.15) is 0 Å². The van der Waals surface area contributed by atoms with Crippen LogP contribution in [0.2, 0.25) is 0 Å². The zero-order chi connectivity index (χ0) is 11.4. The maximum Gasteiger partial charge on any atom is 0.0769 e. The van der Waals surface area contributed by atoms with Crippen LogP contribution in [0, 0.1) is 5.92 Å². The van der Waals surface area contributed by atoms with Crippen molar-refractivity contribution in [1.29, 1.82) is 0 Å². The summed E-state index contributed by atoms with van der Waals surface area (Å²) in [6.07, 6.45) is 9.66. The average Bonchev–Trinajstić information content (AvgIpc) is 2.57. The van der Waals surface area contributed by atoms with Crippen LogP contribution < -0.4 is 11.3 Å². The number of nitrogens with zero attached hydrogens (tertiary/aromatic N) is 3. The molecule has 0 radical (unpaired) electrons. The highest BCUT2D eigenvalue weighted by Crippen LogP contribution is 2.32. The van der Waals surface area contributed by atoms with Gasteiger partial charge >= 0.3 is 0 Å². The number of hydrazine groups is 1. The average molecular weight is 223 g/mol. The van der Waals surface area contributed by atoms with Crippen molar-refractivity contribution in [2.24, 2.45) is 18.8 Å². The molecule has 0 amide bonds. The Morgan fingerprint density at radius 1 is 1.38 bits per heavy atom. The fraction of sp³-hybridized carbons (Fsp3) is 0.818. The van der Waals surface area contributed by atoms with Crippen LogP contribution in [0.5, 0.6) is 0 Å². The maximum atomic E-state index is 5.70. The van der Waals surface area contributed by atoms with E-state index < -0.39 is 0 Å². The number of nitrogens with one attached hydrogen (secondary N) is 1. The summed E-state index contributed by atoms with van der Waals surface area (Å²) in [6, 6.07) is 0.193. The summed E-state index contributed by atoms with van der Waals surface area (Å²) in [6.45, 7) is 0. The van der Waals surface area contributed by atoms with E-state index in [-0.39, 0.29) is 6.04 Å². The van der Waals surface area contributed by atoms with E-state index >= 15 is 0 Å². The van der Waals surface area contributed by atoms with Crippen molar-refractivity contribution in [2.75, 3.05) is 0 Å². The molecule has 1 unspecified atom stereocenters. The van der Waals surface area contributed by atoms with Gasteiger partial charge in [0.05, 0.1) is 17.9 Å². The molecule has 1 aromatic rings. The van der Waals surface area contributed by atoms with E-state index in [2.05, 4.69) is 15.7 Å². The van der Waals surface area contributed by atoms with Crippen molar-refractivity contribution in [3.05, 3.63) is 11.9 Å². The Morgan fingerprint density at radius 3 is 2.56 bits per heavy atom. The Bertz CT molecular complexity index is 314. The zero-order valence-corrected chi connectivity index (χ0v) is 9.89. The minimum atomic E-state index is 0.193. The zero-order valence-electron chi connectivity index (χ0n) is 9.89. The van der Waals surface area contributed by atoms with Gasteiger partial charge in [0.2, 0.25) is 0 Å². The first-order chi connectivity index (χ1) is 7.83.